The number of nitrogens with one attached hydrogen (secondary N) is 2. The molecule has 0 fully saturated rings. The molecule has 3 aromatic rings. The van der Waals surface area contributed by atoms with Crippen LogP contribution in [0.15, 0.2) is 58.1 Å². The van der Waals surface area contributed by atoms with Gasteiger partial charge in [-0.3, -0.25) is 19.6 Å². The molecule has 0 aliphatic heterocycles. The van der Waals surface area contributed by atoms with Gasteiger partial charge in [-0.1, -0.05) is 5.16 Å². The summed E-state index contributed by atoms with van der Waals surface area (Å²) in [5.41, 5.74) is 0.430. The molecule has 0 saturated carbocycles. The lowest BCUT2D eigenvalue weighted by molar-refractivity contribution is -0.386. The van der Waals surface area contributed by atoms with Crippen LogP contribution in [-0.4, -0.2) is 31.5 Å². The van der Waals surface area contributed by atoms with Gasteiger partial charge in [0.25, 0.3) is 15.9 Å². The Morgan fingerprint density at radius 1 is 1.17 bits per heavy atom. The maximum Gasteiger partial charge on any atom is 0.312 e. The van der Waals surface area contributed by atoms with Crippen molar-refractivity contribution in [1.82, 2.24) is 5.16 Å². The smallest absolute Gasteiger partial charge is 0.312 e. The monoisotopic (exact) mass is 432 g/mol. The lowest BCUT2D eigenvalue weighted by Crippen LogP contribution is -2.14. The van der Waals surface area contributed by atoms with E-state index >= 15 is 0 Å². The van der Waals surface area contributed by atoms with E-state index in [0.717, 1.165) is 6.07 Å². The normalized spacial score (nSPS) is 11.0. The SMILES string of the molecule is COc1ccc(S(=O)(=O)Nc2ccc(NC(=O)c3cnoc3C)cc2)cc1[N+](=O)[O-]. The highest BCUT2D eigenvalue weighted by atomic mass is 32.2. The van der Waals surface area contributed by atoms with E-state index in [-0.39, 0.29) is 21.9 Å². The van der Waals surface area contributed by atoms with Crippen LogP contribution in [0, 0.1) is 17.0 Å². The molecule has 0 unspecified atom stereocenters. The van der Waals surface area contributed by atoms with Gasteiger partial charge in [-0.25, -0.2) is 8.42 Å². The van der Waals surface area contributed by atoms with Gasteiger partial charge >= 0.3 is 5.69 Å². The van der Waals surface area contributed by atoms with E-state index in [4.69, 9.17) is 9.26 Å². The Kier molecular flexibility index (Phi) is 5.69. The van der Waals surface area contributed by atoms with Crippen LogP contribution in [0.25, 0.3) is 0 Å². The number of benzene rings is 2. The third-order valence-electron chi connectivity index (χ3n) is 4.05. The Bertz CT molecular complexity index is 1200. The number of aryl methyl sites for hydroxylation is 1. The first-order valence-electron chi connectivity index (χ1n) is 8.39. The van der Waals surface area contributed by atoms with Gasteiger partial charge in [0.1, 0.15) is 11.3 Å². The molecule has 0 atom stereocenters. The van der Waals surface area contributed by atoms with Crippen LogP contribution in [-0.2, 0) is 10.0 Å². The molecule has 0 aliphatic carbocycles. The van der Waals surface area contributed by atoms with Crippen molar-refractivity contribution >= 4 is 33.0 Å². The second-order valence-corrected chi connectivity index (χ2v) is 7.71. The number of methoxy groups -OCH3 is 1. The maximum absolute atomic E-state index is 12.6. The summed E-state index contributed by atoms with van der Waals surface area (Å²) in [4.78, 5) is 22.2. The standard InChI is InChI=1S/C18H16N4O7S/c1-11-15(10-19-29-11)18(23)20-12-3-5-13(6-4-12)21-30(26,27)14-7-8-17(28-2)16(9-14)22(24)25/h3-10,21H,1-2H3,(H,20,23). The van der Waals surface area contributed by atoms with Gasteiger partial charge in [0.2, 0.25) is 0 Å². The van der Waals surface area contributed by atoms with Crippen LogP contribution in [0.3, 0.4) is 0 Å². The van der Waals surface area contributed by atoms with E-state index in [1.807, 2.05) is 0 Å². The summed E-state index contributed by atoms with van der Waals surface area (Å²) < 4.78 is 37.2. The highest BCUT2D eigenvalue weighted by molar-refractivity contribution is 7.92. The van der Waals surface area contributed by atoms with Crippen molar-refractivity contribution < 1.29 is 27.4 Å². The zero-order valence-electron chi connectivity index (χ0n) is 15.8. The molecule has 0 saturated heterocycles. The number of ether oxygens (including phenoxy) is 1. The van der Waals surface area contributed by atoms with E-state index in [1.54, 1.807) is 6.92 Å². The molecular formula is C18H16N4O7S. The summed E-state index contributed by atoms with van der Waals surface area (Å²) in [6.07, 6.45) is 1.29. The molecule has 30 heavy (non-hydrogen) atoms. The van der Waals surface area contributed by atoms with Gasteiger partial charge in [0, 0.05) is 17.4 Å². The summed E-state index contributed by atoms with van der Waals surface area (Å²) >= 11 is 0. The second kappa shape index (κ2) is 8.21. The highest BCUT2D eigenvalue weighted by Crippen LogP contribution is 2.30. The molecule has 0 spiro atoms. The molecule has 11 nitrogen and oxygen atoms in total. The van der Waals surface area contributed by atoms with Crippen LogP contribution in [0.4, 0.5) is 17.1 Å². The fourth-order valence-corrected chi connectivity index (χ4v) is 3.61. The van der Waals surface area contributed by atoms with E-state index in [0.29, 0.717) is 11.4 Å². The van der Waals surface area contributed by atoms with Crippen molar-refractivity contribution in [2.75, 3.05) is 17.1 Å². The summed E-state index contributed by atoms with van der Waals surface area (Å²) in [7, 11) is -2.84. The second-order valence-electron chi connectivity index (χ2n) is 6.02. The molecule has 0 bridgehead atoms. The Morgan fingerprint density at radius 3 is 2.40 bits per heavy atom. The summed E-state index contributed by atoms with van der Waals surface area (Å²) in [6.45, 7) is 1.60. The molecule has 0 aliphatic rings. The molecular weight excluding hydrogens is 416 g/mol. The minimum atomic E-state index is -4.09. The minimum absolute atomic E-state index is 0.0536. The Labute approximate surface area is 170 Å². The fraction of sp³-hybridized carbons (Fsp3) is 0.111. The van der Waals surface area contributed by atoms with Crippen molar-refractivity contribution in [2.24, 2.45) is 0 Å². The number of nitro benzene ring substituents is 1. The van der Waals surface area contributed by atoms with Crippen molar-refractivity contribution in [2.45, 2.75) is 11.8 Å². The number of rotatable bonds is 7. The van der Waals surface area contributed by atoms with Crippen molar-refractivity contribution in [3.8, 4) is 5.75 Å². The van der Waals surface area contributed by atoms with Gasteiger partial charge in [-0.05, 0) is 43.3 Å². The van der Waals surface area contributed by atoms with E-state index in [1.165, 1.54) is 49.7 Å². The summed E-state index contributed by atoms with van der Waals surface area (Å²) in [6, 6.07) is 9.18. The topological polar surface area (TPSA) is 154 Å². The molecule has 12 heteroatoms. The first kappa shape index (κ1) is 20.8. The number of amides is 1. The molecule has 156 valence electrons. The quantitative estimate of drug-likeness (QED) is 0.427. The van der Waals surface area contributed by atoms with Crippen LogP contribution in [0.5, 0.6) is 5.75 Å². The Hall–Kier alpha value is -3.93. The van der Waals surface area contributed by atoms with Crippen LogP contribution in [0.2, 0.25) is 0 Å². The van der Waals surface area contributed by atoms with Gasteiger partial charge in [-0.15, -0.1) is 0 Å². The van der Waals surface area contributed by atoms with Crippen molar-refractivity contribution in [3.63, 3.8) is 0 Å². The van der Waals surface area contributed by atoms with E-state index < -0.39 is 26.5 Å². The van der Waals surface area contributed by atoms with Crippen LogP contribution >= 0.6 is 0 Å². The first-order chi connectivity index (χ1) is 14.2. The lowest BCUT2D eigenvalue weighted by atomic mass is 10.2. The van der Waals surface area contributed by atoms with Crippen LogP contribution < -0.4 is 14.8 Å². The predicted molar refractivity (Wildman–Crippen MR) is 106 cm³/mol. The number of hydrogen-bond acceptors (Lipinski definition) is 8. The average Bonchev–Trinajstić information content (AvgIpc) is 3.14. The largest absolute Gasteiger partial charge is 0.490 e. The molecule has 3 rings (SSSR count). The molecule has 0 radical (unpaired) electrons. The molecule has 2 aromatic carbocycles. The van der Waals surface area contributed by atoms with Gasteiger partial charge < -0.3 is 14.6 Å². The van der Waals surface area contributed by atoms with Gasteiger partial charge in [0.15, 0.2) is 5.75 Å². The summed E-state index contributed by atoms with van der Waals surface area (Å²) in [5.74, 6) is -0.111. The Balaban J connectivity index is 1.76. The van der Waals surface area contributed by atoms with E-state index in [2.05, 4.69) is 15.2 Å². The number of nitro groups is 1. The van der Waals surface area contributed by atoms with Crippen molar-refractivity contribution in [3.05, 3.63) is 70.1 Å². The first-order valence-corrected chi connectivity index (χ1v) is 9.87. The summed E-state index contributed by atoms with van der Waals surface area (Å²) in [5, 5.41) is 17.3. The number of hydrogen-bond donors (Lipinski definition) is 2. The average molecular weight is 432 g/mol. The molecule has 1 amide bonds. The maximum atomic E-state index is 12.6. The highest BCUT2D eigenvalue weighted by Gasteiger charge is 2.22. The van der Waals surface area contributed by atoms with E-state index in [9.17, 15) is 23.3 Å². The molecule has 2 N–H and O–H groups in total. The van der Waals surface area contributed by atoms with Gasteiger partial charge in [-0.2, -0.15) is 0 Å². The zero-order valence-corrected chi connectivity index (χ0v) is 16.6. The van der Waals surface area contributed by atoms with Gasteiger partial charge in [0.05, 0.1) is 23.1 Å². The Morgan fingerprint density at radius 2 is 1.83 bits per heavy atom. The number of aromatic nitrogens is 1. The third kappa shape index (κ3) is 4.38. The number of carbonyl (C=O) groups is 1. The number of nitrogens with zero attached hydrogens (tertiary/aromatic N) is 2. The minimum Gasteiger partial charge on any atom is -0.490 e. The molecule has 1 heterocycles. The number of carbonyl (C=O) groups excluding carboxylic acids is 1. The van der Waals surface area contributed by atoms with Crippen LogP contribution in [0.1, 0.15) is 16.1 Å². The predicted octanol–water partition coefficient (Wildman–Crippen LogP) is 2.95. The lowest BCUT2D eigenvalue weighted by Gasteiger charge is -2.10. The zero-order chi connectivity index (χ0) is 21.9. The van der Waals surface area contributed by atoms with Crippen molar-refractivity contribution in [1.29, 1.82) is 0 Å². The molecule has 1 aromatic heterocycles. The fourth-order valence-electron chi connectivity index (χ4n) is 2.53. The third-order valence-corrected chi connectivity index (χ3v) is 5.43. The number of sulfonamides is 1. The number of anilines is 2.